The Labute approximate surface area is 148 Å². The van der Waals surface area contributed by atoms with Crippen LogP contribution in [0.25, 0.3) is 0 Å². The topological polar surface area (TPSA) is 9.23 Å². The molecule has 0 saturated heterocycles. The monoisotopic (exact) mass is 494 g/mol. The molecule has 1 aromatic carbocycles. The maximum absolute atomic E-state index is 12.0. The molecule has 0 saturated carbocycles. The van der Waals surface area contributed by atoms with Gasteiger partial charge in [-0.25, -0.2) is 0 Å². The Morgan fingerprint density at radius 2 is 1.57 bits per heavy atom. The minimum absolute atomic E-state index is 0.109. The predicted octanol–water partition coefficient (Wildman–Crippen LogP) is 5.84. The number of ether oxygens (including phenoxy) is 1. The molecule has 1 aromatic rings. The van der Waals surface area contributed by atoms with Crippen molar-refractivity contribution in [3.63, 3.8) is 0 Å². The van der Waals surface area contributed by atoms with Crippen molar-refractivity contribution in [2.24, 2.45) is 0 Å². The van der Waals surface area contributed by atoms with Gasteiger partial charge >= 0.3 is 6.18 Å². The van der Waals surface area contributed by atoms with Crippen LogP contribution in [0, 0.1) is 0 Å². The van der Waals surface area contributed by atoms with Gasteiger partial charge in [0.25, 0.3) is 0 Å². The van der Waals surface area contributed by atoms with Crippen LogP contribution in [-0.4, -0.2) is 30.1 Å². The molecule has 0 radical (unpaired) electrons. The maximum atomic E-state index is 12.0. The lowest BCUT2D eigenvalue weighted by atomic mass is 9.80. The van der Waals surface area contributed by atoms with E-state index in [4.69, 9.17) is 0 Å². The van der Waals surface area contributed by atoms with Crippen molar-refractivity contribution < 1.29 is 17.9 Å². The molecule has 7 heteroatoms. The highest BCUT2D eigenvalue weighted by Gasteiger charge is 2.30. The summed E-state index contributed by atoms with van der Waals surface area (Å²) in [4.78, 5) is 0. The Morgan fingerprint density at radius 1 is 1.00 bits per heavy atom. The third-order valence-electron chi connectivity index (χ3n) is 3.18. The molecule has 0 spiro atoms. The van der Waals surface area contributed by atoms with Crippen LogP contribution in [-0.2, 0) is 10.2 Å². The molecular weight excluding hydrogens is 481 g/mol. The van der Waals surface area contributed by atoms with E-state index in [1.807, 2.05) is 24.3 Å². The summed E-state index contributed by atoms with van der Waals surface area (Å²) in [5.41, 5.74) is 0.998. The molecule has 0 unspecified atom stereocenters. The zero-order valence-corrected chi connectivity index (χ0v) is 16.0. The summed E-state index contributed by atoms with van der Waals surface area (Å²) < 4.78 is 41.7. The van der Waals surface area contributed by atoms with Gasteiger partial charge in [0.2, 0.25) is 0 Å². The second kappa shape index (κ2) is 8.89. The molecule has 0 heterocycles. The summed E-state index contributed by atoms with van der Waals surface area (Å²) in [6, 6.07) is 8.00. The average Bonchev–Trinajstić information content (AvgIpc) is 2.43. The first-order valence-electron chi connectivity index (χ1n) is 6.35. The molecule has 0 aliphatic heterocycles. The quantitative estimate of drug-likeness (QED) is 0.325. The van der Waals surface area contributed by atoms with Crippen LogP contribution in [0.2, 0.25) is 0 Å². The minimum atomic E-state index is -4.26. The molecule has 0 atom stereocenters. The van der Waals surface area contributed by atoms with Crippen molar-refractivity contribution in [2.45, 2.75) is 24.4 Å². The van der Waals surface area contributed by atoms with Gasteiger partial charge in [-0.1, -0.05) is 59.9 Å². The molecule has 0 amide bonds. The fraction of sp³-hybridized carbons (Fsp3) is 0.571. The largest absolute Gasteiger partial charge is 0.411 e. The number of hydrogen-bond donors (Lipinski definition) is 0. The molecule has 0 fully saturated rings. The molecule has 0 aliphatic carbocycles. The summed E-state index contributed by atoms with van der Waals surface area (Å²) >= 11 is 10.5. The first-order chi connectivity index (χ1) is 9.83. The highest BCUT2D eigenvalue weighted by Crippen LogP contribution is 2.34. The molecule has 0 bridgehead atoms. The van der Waals surface area contributed by atoms with Crippen molar-refractivity contribution in [3.8, 4) is 0 Å². The SMILES string of the molecule is FC(F)(F)COCCCC(CBr)(CBr)c1ccc(Br)cc1. The van der Waals surface area contributed by atoms with Gasteiger partial charge in [0.05, 0.1) is 0 Å². The normalized spacial score (nSPS) is 12.7. The van der Waals surface area contributed by atoms with E-state index in [0.717, 1.165) is 27.1 Å². The number of rotatable bonds is 8. The first-order valence-corrected chi connectivity index (χ1v) is 9.39. The Morgan fingerprint density at radius 3 is 2.05 bits per heavy atom. The van der Waals surface area contributed by atoms with Crippen molar-refractivity contribution in [1.29, 1.82) is 0 Å². The van der Waals surface area contributed by atoms with Crippen molar-refractivity contribution in [3.05, 3.63) is 34.3 Å². The zero-order chi connectivity index (χ0) is 15.9. The lowest BCUT2D eigenvalue weighted by Crippen LogP contribution is -2.30. The van der Waals surface area contributed by atoms with Crippen molar-refractivity contribution >= 4 is 47.8 Å². The Kier molecular flexibility index (Phi) is 8.24. The standard InChI is InChI=1S/C14H16Br3F3O/c15-8-13(9-16,11-2-4-12(17)5-3-11)6-1-7-21-10-14(18,19)20/h2-5H,1,6-10H2. The summed E-state index contributed by atoms with van der Waals surface area (Å²) in [6.07, 6.45) is -2.94. The van der Waals surface area contributed by atoms with Crippen molar-refractivity contribution in [1.82, 2.24) is 0 Å². The van der Waals surface area contributed by atoms with Crippen LogP contribution in [0.3, 0.4) is 0 Å². The van der Waals surface area contributed by atoms with Gasteiger partial charge in [-0.3, -0.25) is 0 Å². The number of hydrogen-bond acceptors (Lipinski definition) is 1. The van der Waals surface area contributed by atoms with E-state index in [1.165, 1.54) is 0 Å². The molecule has 1 nitrogen and oxygen atoms in total. The van der Waals surface area contributed by atoms with Crippen LogP contribution in [0.1, 0.15) is 18.4 Å². The average molecular weight is 497 g/mol. The first kappa shape index (κ1) is 19.5. The van der Waals surface area contributed by atoms with Gasteiger partial charge in [-0.15, -0.1) is 0 Å². The summed E-state index contributed by atoms with van der Waals surface area (Å²) in [5, 5.41) is 1.46. The van der Waals surface area contributed by atoms with E-state index in [1.54, 1.807) is 0 Å². The summed E-state index contributed by atoms with van der Waals surface area (Å²) in [6.45, 7) is -1.07. The lowest BCUT2D eigenvalue weighted by Gasteiger charge is -2.31. The second-order valence-corrected chi connectivity index (χ2v) is 6.86. The van der Waals surface area contributed by atoms with E-state index in [0.29, 0.717) is 6.42 Å². The van der Waals surface area contributed by atoms with E-state index in [2.05, 4.69) is 52.5 Å². The fourth-order valence-electron chi connectivity index (χ4n) is 1.97. The van der Waals surface area contributed by atoms with E-state index >= 15 is 0 Å². The van der Waals surface area contributed by atoms with Gasteiger partial charge in [-0.05, 0) is 30.5 Å². The molecule has 21 heavy (non-hydrogen) atoms. The summed E-state index contributed by atoms with van der Waals surface area (Å²) in [5.74, 6) is 0. The highest BCUT2D eigenvalue weighted by molar-refractivity contribution is 9.10. The number of benzene rings is 1. The highest BCUT2D eigenvalue weighted by atomic mass is 79.9. The molecule has 0 aliphatic rings. The van der Waals surface area contributed by atoms with Gasteiger partial charge in [-0.2, -0.15) is 13.2 Å². The van der Waals surface area contributed by atoms with E-state index in [-0.39, 0.29) is 12.0 Å². The van der Waals surface area contributed by atoms with E-state index in [9.17, 15) is 13.2 Å². The Hall–Kier alpha value is 0.410. The van der Waals surface area contributed by atoms with Gasteiger partial charge in [0.1, 0.15) is 6.61 Å². The van der Waals surface area contributed by atoms with Gasteiger partial charge in [0.15, 0.2) is 0 Å². The molecule has 0 aromatic heterocycles. The Balaban J connectivity index is 2.59. The minimum Gasteiger partial charge on any atom is -0.372 e. The van der Waals surface area contributed by atoms with Gasteiger partial charge in [0, 0.05) is 27.2 Å². The van der Waals surface area contributed by atoms with E-state index < -0.39 is 12.8 Å². The van der Waals surface area contributed by atoms with Gasteiger partial charge < -0.3 is 4.74 Å². The summed E-state index contributed by atoms with van der Waals surface area (Å²) in [7, 11) is 0. The molecule has 0 N–H and O–H groups in total. The predicted molar refractivity (Wildman–Crippen MR) is 89.5 cm³/mol. The second-order valence-electron chi connectivity index (χ2n) is 4.83. The third kappa shape index (κ3) is 6.59. The molecular formula is C14H16Br3F3O. The van der Waals surface area contributed by atoms with Crippen LogP contribution < -0.4 is 0 Å². The molecule has 1 rings (SSSR count). The lowest BCUT2D eigenvalue weighted by molar-refractivity contribution is -0.174. The zero-order valence-electron chi connectivity index (χ0n) is 11.2. The fourth-order valence-corrected chi connectivity index (χ4v) is 4.37. The van der Waals surface area contributed by atoms with Crippen LogP contribution in [0.15, 0.2) is 28.7 Å². The Bertz CT molecular complexity index is 416. The van der Waals surface area contributed by atoms with Crippen LogP contribution in [0.4, 0.5) is 13.2 Å². The van der Waals surface area contributed by atoms with Crippen LogP contribution in [0.5, 0.6) is 0 Å². The van der Waals surface area contributed by atoms with Crippen LogP contribution >= 0.6 is 47.8 Å². The number of alkyl halides is 5. The number of halogens is 6. The molecule has 120 valence electrons. The van der Waals surface area contributed by atoms with Crippen molar-refractivity contribution in [2.75, 3.05) is 23.9 Å². The maximum Gasteiger partial charge on any atom is 0.411 e. The smallest absolute Gasteiger partial charge is 0.372 e. The third-order valence-corrected chi connectivity index (χ3v) is 5.85.